The second-order valence-corrected chi connectivity index (χ2v) is 13.9. The zero-order valence-corrected chi connectivity index (χ0v) is 26.7. The Kier molecular flexibility index (Phi) is 7.25. The van der Waals surface area contributed by atoms with Crippen LogP contribution in [0.4, 0.5) is 5.69 Å². The van der Waals surface area contributed by atoms with Crippen LogP contribution in [-0.2, 0) is 9.53 Å². The van der Waals surface area contributed by atoms with Crippen LogP contribution in [-0.4, -0.2) is 42.4 Å². The number of rotatable bonds is 7. The van der Waals surface area contributed by atoms with Crippen LogP contribution in [0.3, 0.4) is 0 Å². The van der Waals surface area contributed by atoms with Crippen LogP contribution in [0.25, 0.3) is 16.7 Å². The van der Waals surface area contributed by atoms with E-state index >= 15 is 0 Å². The highest BCUT2D eigenvalue weighted by Crippen LogP contribution is 2.67. The lowest BCUT2D eigenvalue weighted by atomic mass is 9.47. The topological polar surface area (TPSA) is 74.6 Å². The maximum atomic E-state index is 11.7. The largest absolute Gasteiger partial charge is 0.493 e. The minimum absolute atomic E-state index is 0.0285. The molecule has 2 fully saturated rings. The second-order valence-electron chi connectivity index (χ2n) is 13.9. The van der Waals surface area contributed by atoms with Crippen molar-refractivity contribution in [3.05, 3.63) is 66.0 Å². The van der Waals surface area contributed by atoms with Crippen LogP contribution in [0.15, 0.2) is 66.0 Å². The minimum Gasteiger partial charge on any atom is -0.493 e. The van der Waals surface area contributed by atoms with Crippen LogP contribution in [0, 0.1) is 28.6 Å². The summed E-state index contributed by atoms with van der Waals surface area (Å²) >= 11 is 0. The van der Waals surface area contributed by atoms with E-state index in [0.717, 1.165) is 67.8 Å². The van der Waals surface area contributed by atoms with Gasteiger partial charge < -0.3 is 24.1 Å². The van der Waals surface area contributed by atoms with Gasteiger partial charge in [0, 0.05) is 42.8 Å². The molecular formula is C37H45N3O4. The van der Waals surface area contributed by atoms with Gasteiger partial charge in [0.1, 0.15) is 12.4 Å². The lowest BCUT2D eigenvalue weighted by Gasteiger charge is -2.57. The zero-order valence-electron chi connectivity index (χ0n) is 26.7. The predicted molar refractivity (Wildman–Crippen MR) is 174 cm³/mol. The molecule has 2 aromatic carbocycles. The lowest BCUT2D eigenvalue weighted by molar-refractivity contribution is -0.148. The third kappa shape index (κ3) is 4.62. The summed E-state index contributed by atoms with van der Waals surface area (Å²) in [6.45, 7) is 7.34. The fraction of sp³-hybridized carbons (Fsp3) is 0.514. The van der Waals surface area contributed by atoms with E-state index in [1.54, 1.807) is 14.2 Å². The van der Waals surface area contributed by atoms with Gasteiger partial charge in [-0.15, -0.1) is 0 Å². The van der Waals surface area contributed by atoms with Gasteiger partial charge in [-0.25, -0.2) is 4.98 Å². The summed E-state index contributed by atoms with van der Waals surface area (Å²) in [4.78, 5) is 16.5. The number of hydrogen-bond acceptors (Lipinski definition) is 6. The number of carbonyl (C=O) groups excluding carboxylic acids is 1. The average molecular weight is 596 g/mol. The van der Waals surface area contributed by atoms with Gasteiger partial charge in [0.2, 0.25) is 0 Å². The molecule has 7 nitrogen and oxygen atoms in total. The van der Waals surface area contributed by atoms with Gasteiger partial charge in [-0.3, -0.25) is 4.79 Å². The molecule has 1 heterocycles. The van der Waals surface area contributed by atoms with Crippen molar-refractivity contribution in [2.24, 2.45) is 28.6 Å². The number of esters is 1. The van der Waals surface area contributed by atoms with E-state index in [4.69, 9.17) is 19.2 Å². The summed E-state index contributed by atoms with van der Waals surface area (Å²) in [6, 6.07) is 14.5. The number of aromatic nitrogens is 2. The first-order valence-corrected chi connectivity index (χ1v) is 16.2. The van der Waals surface area contributed by atoms with Crippen molar-refractivity contribution in [2.45, 2.75) is 71.8 Å². The van der Waals surface area contributed by atoms with Crippen LogP contribution in [0.2, 0.25) is 0 Å². The molecule has 7 rings (SSSR count). The standard InChI is InChI=1S/C37H45N3O4/c1-23(41)44-27-14-16-36(2)25(19-27)10-12-28-29(36)15-17-37(3)30(28)18-24(21-38-26-11-13-33(42-4)34(20-26)43-5)35(37)40-22-39-31-8-6-7-9-32(31)40/h6-11,13,20,22,27-30,38H,12,14-19,21H2,1-5H3/t27-,28+,29-,30-,36-,37-/m0/s1. The van der Waals surface area contributed by atoms with E-state index in [-0.39, 0.29) is 22.9 Å². The Hall–Kier alpha value is -3.74. The number of benzene rings is 2. The van der Waals surface area contributed by atoms with Gasteiger partial charge in [-0.05, 0) is 91.5 Å². The summed E-state index contributed by atoms with van der Waals surface area (Å²) < 4.78 is 19.1. The van der Waals surface area contributed by atoms with Gasteiger partial charge in [-0.1, -0.05) is 37.6 Å². The van der Waals surface area contributed by atoms with Crippen LogP contribution < -0.4 is 14.8 Å². The summed E-state index contributed by atoms with van der Waals surface area (Å²) in [6.07, 6.45) is 12.1. The lowest BCUT2D eigenvalue weighted by Crippen LogP contribution is -2.50. The molecule has 7 heteroatoms. The summed E-state index contributed by atoms with van der Waals surface area (Å²) in [5, 5.41) is 3.74. The maximum Gasteiger partial charge on any atom is 0.302 e. The molecule has 0 bridgehead atoms. The molecule has 0 amide bonds. The van der Waals surface area contributed by atoms with E-state index in [2.05, 4.69) is 60.1 Å². The number of allylic oxidation sites excluding steroid dienone is 2. The molecule has 0 spiro atoms. The van der Waals surface area contributed by atoms with E-state index in [0.29, 0.717) is 17.8 Å². The van der Waals surface area contributed by atoms with E-state index in [1.165, 1.54) is 35.7 Å². The minimum atomic E-state index is -0.160. The summed E-state index contributed by atoms with van der Waals surface area (Å²) in [7, 11) is 3.35. The Morgan fingerprint density at radius 3 is 2.59 bits per heavy atom. The Labute approximate surface area is 260 Å². The molecule has 0 saturated heterocycles. The molecule has 2 saturated carbocycles. The summed E-state index contributed by atoms with van der Waals surface area (Å²) in [5.41, 5.74) is 7.90. The number of nitrogens with one attached hydrogen (secondary N) is 1. The SMILES string of the molecule is COc1ccc(NCC2=C(n3cnc4ccccc43)[C@@]3(C)CC[C@H]4[C@@H](CC=C5C[C@@H](OC(C)=O)CC[C@@]54C)[C@@H]3C2)cc1OC. The highest BCUT2D eigenvalue weighted by molar-refractivity contribution is 5.81. The van der Waals surface area contributed by atoms with Crippen molar-refractivity contribution < 1.29 is 19.0 Å². The Bertz CT molecular complexity index is 1660. The second kappa shape index (κ2) is 11.0. The molecule has 0 aliphatic heterocycles. The molecule has 232 valence electrons. The molecule has 4 aliphatic rings. The van der Waals surface area contributed by atoms with Crippen molar-refractivity contribution in [3.8, 4) is 11.5 Å². The van der Waals surface area contributed by atoms with Crippen LogP contribution in [0.5, 0.6) is 11.5 Å². The van der Waals surface area contributed by atoms with Crippen LogP contribution >= 0.6 is 0 Å². The summed E-state index contributed by atoms with van der Waals surface area (Å²) in [5.74, 6) is 3.12. The van der Waals surface area contributed by atoms with Crippen molar-refractivity contribution in [3.63, 3.8) is 0 Å². The van der Waals surface area contributed by atoms with Gasteiger partial charge in [0.25, 0.3) is 0 Å². The number of para-hydroxylation sites is 2. The molecule has 6 atom stereocenters. The van der Waals surface area contributed by atoms with Gasteiger partial charge in [0.05, 0.1) is 25.3 Å². The third-order valence-electron chi connectivity index (χ3n) is 11.7. The fourth-order valence-electron chi connectivity index (χ4n) is 9.61. The molecule has 1 aromatic heterocycles. The number of carbonyl (C=O) groups is 1. The van der Waals surface area contributed by atoms with Crippen LogP contribution in [0.1, 0.15) is 65.7 Å². The fourth-order valence-corrected chi connectivity index (χ4v) is 9.61. The molecule has 3 aromatic rings. The normalized spacial score (nSPS) is 31.1. The first-order valence-electron chi connectivity index (χ1n) is 16.2. The van der Waals surface area contributed by atoms with Gasteiger partial charge >= 0.3 is 5.97 Å². The Morgan fingerprint density at radius 2 is 1.80 bits per heavy atom. The molecule has 44 heavy (non-hydrogen) atoms. The molecule has 4 aliphatic carbocycles. The van der Waals surface area contributed by atoms with Crippen molar-refractivity contribution in [1.82, 2.24) is 9.55 Å². The highest BCUT2D eigenvalue weighted by atomic mass is 16.5. The van der Waals surface area contributed by atoms with E-state index in [9.17, 15) is 4.79 Å². The average Bonchev–Trinajstić information content (AvgIpc) is 3.57. The van der Waals surface area contributed by atoms with Gasteiger partial charge in [-0.2, -0.15) is 0 Å². The number of imidazole rings is 1. The van der Waals surface area contributed by atoms with E-state index in [1.807, 2.05) is 18.5 Å². The highest BCUT2D eigenvalue weighted by Gasteiger charge is 2.58. The first kappa shape index (κ1) is 29.0. The third-order valence-corrected chi connectivity index (χ3v) is 11.7. The number of methoxy groups -OCH3 is 2. The Balaban J connectivity index is 1.23. The van der Waals surface area contributed by atoms with Crippen molar-refractivity contribution in [1.29, 1.82) is 0 Å². The Morgan fingerprint density at radius 1 is 1.00 bits per heavy atom. The number of hydrogen-bond donors (Lipinski definition) is 1. The predicted octanol–water partition coefficient (Wildman–Crippen LogP) is 7.88. The quantitative estimate of drug-likeness (QED) is 0.221. The molecule has 0 radical (unpaired) electrons. The number of fused-ring (bicyclic) bond motifs is 6. The number of ether oxygens (including phenoxy) is 3. The van der Waals surface area contributed by atoms with Gasteiger partial charge in [0.15, 0.2) is 11.5 Å². The van der Waals surface area contributed by atoms with E-state index < -0.39 is 0 Å². The number of nitrogens with zero attached hydrogens (tertiary/aromatic N) is 2. The molecule has 1 N–H and O–H groups in total. The number of anilines is 1. The first-order chi connectivity index (χ1) is 21.2. The maximum absolute atomic E-state index is 11.7. The monoisotopic (exact) mass is 595 g/mol. The molecule has 0 unspecified atom stereocenters. The van der Waals surface area contributed by atoms with Crippen molar-refractivity contribution >= 4 is 28.4 Å². The zero-order chi connectivity index (χ0) is 30.6. The van der Waals surface area contributed by atoms with Crippen molar-refractivity contribution in [2.75, 3.05) is 26.1 Å². The molecular weight excluding hydrogens is 550 g/mol. The smallest absolute Gasteiger partial charge is 0.302 e.